The Morgan fingerprint density at radius 3 is 2.88 bits per heavy atom. The van der Waals surface area contributed by atoms with Crippen molar-refractivity contribution in [3.8, 4) is 0 Å². The minimum Gasteiger partial charge on any atom is -0.314 e. The Bertz CT molecular complexity index is 540. The van der Waals surface area contributed by atoms with Crippen molar-refractivity contribution in [3.05, 3.63) is 46.1 Å². The topological polar surface area (TPSA) is 68.1 Å². The van der Waals surface area contributed by atoms with E-state index in [1.165, 1.54) is 12.1 Å². The molecule has 2 rings (SSSR count). The number of hydrogen-bond acceptors (Lipinski definition) is 4. The van der Waals surface area contributed by atoms with Crippen molar-refractivity contribution >= 4 is 16.6 Å². The minimum absolute atomic E-state index is 0.0932. The maximum absolute atomic E-state index is 10.6. The molecule has 1 aromatic carbocycles. The molecule has 0 aliphatic rings. The summed E-state index contributed by atoms with van der Waals surface area (Å²) in [5.74, 6) is 0. The second kappa shape index (κ2) is 4.24. The van der Waals surface area contributed by atoms with Gasteiger partial charge in [-0.2, -0.15) is 0 Å². The Kier molecular flexibility index (Phi) is 2.78. The van der Waals surface area contributed by atoms with Gasteiger partial charge >= 0.3 is 0 Å². The predicted octanol–water partition coefficient (Wildman–Crippen LogP) is 1.86. The highest BCUT2D eigenvalue weighted by atomic mass is 16.6. The van der Waals surface area contributed by atoms with Crippen LogP contribution in [-0.4, -0.2) is 17.0 Å². The van der Waals surface area contributed by atoms with Gasteiger partial charge < -0.3 is 5.32 Å². The van der Waals surface area contributed by atoms with Gasteiger partial charge in [-0.05, 0) is 19.2 Å². The van der Waals surface area contributed by atoms with Crippen LogP contribution in [0, 0.1) is 10.1 Å². The van der Waals surface area contributed by atoms with Gasteiger partial charge in [-0.1, -0.05) is 6.07 Å². The molecule has 16 heavy (non-hydrogen) atoms. The molecule has 0 fully saturated rings. The molecule has 0 radical (unpaired) electrons. The Hall–Kier alpha value is -2.01. The molecule has 0 unspecified atom stereocenters. The molecular weight excluding hydrogens is 206 g/mol. The number of pyridine rings is 1. The van der Waals surface area contributed by atoms with Crippen molar-refractivity contribution in [2.24, 2.45) is 0 Å². The molecule has 0 bridgehead atoms. The fourth-order valence-electron chi connectivity index (χ4n) is 1.55. The van der Waals surface area contributed by atoms with Crippen LogP contribution in [0.25, 0.3) is 10.9 Å². The van der Waals surface area contributed by atoms with Gasteiger partial charge in [0.1, 0.15) is 0 Å². The van der Waals surface area contributed by atoms with Crippen molar-refractivity contribution < 1.29 is 4.92 Å². The van der Waals surface area contributed by atoms with Gasteiger partial charge in [-0.15, -0.1) is 0 Å². The Balaban J connectivity index is 2.48. The Morgan fingerprint density at radius 1 is 1.38 bits per heavy atom. The van der Waals surface area contributed by atoms with Gasteiger partial charge in [0.2, 0.25) is 0 Å². The summed E-state index contributed by atoms with van der Waals surface area (Å²) >= 11 is 0. The minimum atomic E-state index is -0.402. The van der Waals surface area contributed by atoms with Gasteiger partial charge in [0.25, 0.3) is 5.69 Å². The first-order valence-electron chi connectivity index (χ1n) is 4.89. The van der Waals surface area contributed by atoms with Crippen LogP contribution in [0.4, 0.5) is 5.69 Å². The van der Waals surface area contributed by atoms with E-state index in [-0.39, 0.29) is 5.69 Å². The lowest BCUT2D eigenvalue weighted by Crippen LogP contribution is -2.06. The molecule has 0 amide bonds. The molecule has 5 heteroatoms. The number of nitrogens with one attached hydrogen (secondary N) is 1. The first-order valence-corrected chi connectivity index (χ1v) is 4.89. The van der Waals surface area contributed by atoms with E-state index >= 15 is 0 Å². The van der Waals surface area contributed by atoms with Crippen molar-refractivity contribution in [1.29, 1.82) is 0 Å². The Morgan fingerprint density at radius 2 is 2.19 bits per heavy atom. The zero-order valence-corrected chi connectivity index (χ0v) is 8.80. The number of nitro groups is 1. The molecule has 1 N–H and O–H groups in total. The molecular formula is C11H11N3O2. The van der Waals surface area contributed by atoms with E-state index < -0.39 is 4.92 Å². The number of nitrogens with zero attached hydrogens (tertiary/aromatic N) is 2. The average Bonchev–Trinajstić information content (AvgIpc) is 2.28. The summed E-state index contributed by atoms with van der Waals surface area (Å²) in [5.41, 5.74) is 1.79. The number of rotatable bonds is 3. The van der Waals surface area contributed by atoms with Crippen LogP contribution in [0.15, 0.2) is 30.3 Å². The second-order valence-corrected chi connectivity index (χ2v) is 3.47. The normalized spacial score (nSPS) is 10.6. The third-order valence-corrected chi connectivity index (χ3v) is 2.30. The number of aromatic nitrogens is 1. The average molecular weight is 217 g/mol. The summed E-state index contributed by atoms with van der Waals surface area (Å²) in [6, 6.07) is 8.39. The van der Waals surface area contributed by atoms with E-state index in [2.05, 4.69) is 10.3 Å². The van der Waals surface area contributed by atoms with Crippen molar-refractivity contribution in [2.75, 3.05) is 7.05 Å². The highest BCUT2D eigenvalue weighted by molar-refractivity contribution is 5.81. The van der Waals surface area contributed by atoms with Gasteiger partial charge in [0.05, 0.1) is 16.1 Å². The number of benzene rings is 1. The summed E-state index contributed by atoms with van der Waals surface area (Å²) in [4.78, 5) is 14.6. The zero-order chi connectivity index (χ0) is 11.5. The summed E-state index contributed by atoms with van der Waals surface area (Å²) in [6.45, 7) is 0.687. The lowest BCUT2D eigenvalue weighted by atomic mass is 10.2. The van der Waals surface area contributed by atoms with E-state index in [0.29, 0.717) is 6.54 Å². The molecule has 2 aromatic rings. The third-order valence-electron chi connectivity index (χ3n) is 2.30. The van der Waals surface area contributed by atoms with Crippen LogP contribution in [-0.2, 0) is 6.54 Å². The second-order valence-electron chi connectivity index (χ2n) is 3.47. The summed E-state index contributed by atoms with van der Waals surface area (Å²) in [5, 5.41) is 14.4. The van der Waals surface area contributed by atoms with Crippen molar-refractivity contribution in [2.45, 2.75) is 6.54 Å². The maximum atomic E-state index is 10.6. The largest absolute Gasteiger partial charge is 0.314 e. The van der Waals surface area contributed by atoms with E-state index in [1.807, 2.05) is 19.2 Å². The number of fused-ring (bicyclic) bond motifs is 1. The molecule has 0 spiro atoms. The quantitative estimate of drug-likeness (QED) is 0.629. The maximum Gasteiger partial charge on any atom is 0.270 e. The fourth-order valence-corrected chi connectivity index (χ4v) is 1.55. The number of nitro benzene ring substituents is 1. The molecule has 1 heterocycles. The van der Waals surface area contributed by atoms with Crippen LogP contribution < -0.4 is 5.32 Å². The predicted molar refractivity (Wildman–Crippen MR) is 61.2 cm³/mol. The third kappa shape index (κ3) is 1.99. The summed E-state index contributed by atoms with van der Waals surface area (Å²) in [7, 11) is 1.85. The van der Waals surface area contributed by atoms with Gasteiger partial charge in [0, 0.05) is 24.1 Å². The standard InChI is InChI=1S/C11H11N3O2/c1-12-7-9-3-2-8-6-10(14(15)16)4-5-11(8)13-9/h2-6,12H,7H2,1H3. The van der Waals surface area contributed by atoms with Crippen LogP contribution >= 0.6 is 0 Å². The summed E-state index contributed by atoms with van der Waals surface area (Å²) < 4.78 is 0. The van der Waals surface area contributed by atoms with Crippen molar-refractivity contribution in [3.63, 3.8) is 0 Å². The van der Waals surface area contributed by atoms with Crippen LogP contribution in [0.3, 0.4) is 0 Å². The van der Waals surface area contributed by atoms with E-state index in [1.54, 1.807) is 6.07 Å². The number of non-ortho nitro benzene ring substituents is 1. The SMILES string of the molecule is CNCc1ccc2cc([N+](=O)[O-])ccc2n1. The molecule has 82 valence electrons. The monoisotopic (exact) mass is 217 g/mol. The van der Waals surface area contributed by atoms with Gasteiger partial charge in [-0.25, -0.2) is 0 Å². The van der Waals surface area contributed by atoms with Crippen LogP contribution in [0.2, 0.25) is 0 Å². The molecule has 0 aliphatic carbocycles. The van der Waals surface area contributed by atoms with Gasteiger partial charge in [-0.3, -0.25) is 15.1 Å². The summed E-state index contributed by atoms with van der Waals surface area (Å²) in [6.07, 6.45) is 0. The van der Waals surface area contributed by atoms with Gasteiger partial charge in [0.15, 0.2) is 0 Å². The first-order chi connectivity index (χ1) is 7.70. The zero-order valence-electron chi connectivity index (χ0n) is 8.80. The lowest BCUT2D eigenvalue weighted by Gasteiger charge is -2.01. The van der Waals surface area contributed by atoms with Crippen LogP contribution in [0.1, 0.15) is 5.69 Å². The van der Waals surface area contributed by atoms with E-state index in [9.17, 15) is 10.1 Å². The van der Waals surface area contributed by atoms with E-state index in [4.69, 9.17) is 0 Å². The Labute approximate surface area is 92.3 Å². The molecule has 0 saturated carbocycles. The first kappa shape index (κ1) is 10.5. The van der Waals surface area contributed by atoms with Crippen molar-refractivity contribution in [1.82, 2.24) is 10.3 Å². The smallest absolute Gasteiger partial charge is 0.270 e. The van der Waals surface area contributed by atoms with Crippen LogP contribution in [0.5, 0.6) is 0 Å². The fraction of sp³-hybridized carbons (Fsp3) is 0.182. The highest BCUT2D eigenvalue weighted by Crippen LogP contribution is 2.19. The van der Waals surface area contributed by atoms with E-state index in [0.717, 1.165) is 16.6 Å². The molecule has 5 nitrogen and oxygen atoms in total. The molecule has 0 saturated heterocycles. The highest BCUT2D eigenvalue weighted by Gasteiger charge is 2.06. The lowest BCUT2D eigenvalue weighted by molar-refractivity contribution is -0.384. The molecule has 0 aliphatic heterocycles. The number of hydrogen-bond donors (Lipinski definition) is 1. The molecule has 1 aromatic heterocycles. The molecule has 0 atom stereocenters.